The zero-order valence-electron chi connectivity index (χ0n) is 19.7. The van der Waals surface area contributed by atoms with Crippen LogP contribution in [0.1, 0.15) is 56.9 Å². The number of hydrogen-bond donors (Lipinski definition) is 4. The summed E-state index contributed by atoms with van der Waals surface area (Å²) in [5, 5.41) is 15.5. The van der Waals surface area contributed by atoms with Crippen LogP contribution in [-0.4, -0.2) is 35.1 Å². The van der Waals surface area contributed by atoms with Crippen molar-refractivity contribution in [3.8, 4) is 11.1 Å². The molecule has 2 amide bonds. The smallest absolute Gasteiger partial charge is 0.246 e. The summed E-state index contributed by atoms with van der Waals surface area (Å²) in [5.41, 5.74) is 6.17. The number of rotatable bonds is 5. The summed E-state index contributed by atoms with van der Waals surface area (Å²) >= 11 is 0. The Balaban J connectivity index is 1.53. The van der Waals surface area contributed by atoms with E-state index in [1.165, 1.54) is 5.56 Å². The molecule has 1 aliphatic heterocycles. The Morgan fingerprint density at radius 3 is 2.58 bits per heavy atom. The van der Waals surface area contributed by atoms with E-state index in [1.807, 2.05) is 26.8 Å². The number of pyridine rings is 1. The largest absolute Gasteiger partial charge is 0.345 e. The maximum absolute atomic E-state index is 13.1. The highest BCUT2D eigenvalue weighted by Gasteiger charge is 2.38. The predicted molar refractivity (Wildman–Crippen MR) is 126 cm³/mol. The van der Waals surface area contributed by atoms with E-state index in [1.54, 1.807) is 11.7 Å². The van der Waals surface area contributed by atoms with E-state index in [9.17, 15) is 9.59 Å². The van der Waals surface area contributed by atoms with Crippen LogP contribution in [0, 0.1) is 11.3 Å². The zero-order valence-corrected chi connectivity index (χ0v) is 19.7. The number of amides is 2. The standard InChI is InChI=1S/C26H34N4O3/c1-25(2,29-24(32)26(3)9-12-27-13-10-26)22-16-20(8-11-28-22)18-4-5-19-15-21(23(31)30-33)7-6-17(19)14-18/h4-5,8,11,14,16,21,27,33H,6-7,9-10,12-13,15H2,1-3H3,(H,29,32)(H,30,31). The lowest BCUT2D eigenvalue weighted by Crippen LogP contribution is -2.51. The highest BCUT2D eigenvalue weighted by Crippen LogP contribution is 2.33. The van der Waals surface area contributed by atoms with Crippen molar-refractivity contribution in [1.82, 2.24) is 21.1 Å². The summed E-state index contributed by atoms with van der Waals surface area (Å²) in [4.78, 5) is 29.5. The molecule has 0 bridgehead atoms. The lowest BCUT2D eigenvalue weighted by molar-refractivity contribution is -0.134. The molecule has 2 aliphatic rings. The number of nitrogens with zero attached hydrogens (tertiary/aromatic N) is 1. The second-order valence-corrected chi connectivity index (χ2v) is 10.2. The first-order valence-electron chi connectivity index (χ1n) is 11.8. The molecule has 0 radical (unpaired) electrons. The third kappa shape index (κ3) is 4.94. The van der Waals surface area contributed by atoms with Crippen LogP contribution in [-0.2, 0) is 28.0 Å². The molecule has 1 aliphatic carbocycles. The van der Waals surface area contributed by atoms with Crippen molar-refractivity contribution in [3.63, 3.8) is 0 Å². The third-order valence-corrected chi connectivity index (χ3v) is 7.33. The van der Waals surface area contributed by atoms with Crippen LogP contribution in [0.5, 0.6) is 0 Å². The fourth-order valence-electron chi connectivity index (χ4n) is 4.91. The van der Waals surface area contributed by atoms with Crippen molar-refractivity contribution in [3.05, 3.63) is 53.3 Å². The molecule has 0 spiro atoms. The SMILES string of the molecule is CC1(C(=O)NC(C)(C)c2cc(-c3ccc4c(c3)CCC(C(=O)NO)C4)ccn2)CCNCC1. The molecule has 4 rings (SSSR count). The summed E-state index contributed by atoms with van der Waals surface area (Å²) in [6, 6.07) is 10.4. The van der Waals surface area contributed by atoms with Gasteiger partial charge in [0.2, 0.25) is 11.8 Å². The number of aromatic nitrogens is 1. The second kappa shape index (κ2) is 9.23. The van der Waals surface area contributed by atoms with E-state index < -0.39 is 5.54 Å². The van der Waals surface area contributed by atoms with Crippen LogP contribution in [0.15, 0.2) is 36.5 Å². The second-order valence-electron chi connectivity index (χ2n) is 10.2. The van der Waals surface area contributed by atoms with Crippen LogP contribution < -0.4 is 16.1 Å². The quantitative estimate of drug-likeness (QED) is 0.414. The number of carbonyl (C=O) groups excluding carboxylic acids is 2. The number of hydrogen-bond acceptors (Lipinski definition) is 5. The van der Waals surface area contributed by atoms with Crippen molar-refractivity contribution in [2.75, 3.05) is 13.1 Å². The van der Waals surface area contributed by atoms with Crippen molar-refractivity contribution >= 4 is 11.8 Å². The first kappa shape index (κ1) is 23.4. The van der Waals surface area contributed by atoms with Crippen molar-refractivity contribution < 1.29 is 14.8 Å². The van der Waals surface area contributed by atoms with Gasteiger partial charge >= 0.3 is 0 Å². The van der Waals surface area contributed by atoms with E-state index in [-0.39, 0.29) is 23.1 Å². The van der Waals surface area contributed by atoms with Gasteiger partial charge in [0.1, 0.15) is 0 Å². The number of aryl methyl sites for hydroxylation is 1. The van der Waals surface area contributed by atoms with Crippen LogP contribution in [0.4, 0.5) is 0 Å². The van der Waals surface area contributed by atoms with Gasteiger partial charge in [-0.1, -0.05) is 25.1 Å². The van der Waals surface area contributed by atoms with Gasteiger partial charge in [-0.3, -0.25) is 19.8 Å². The van der Waals surface area contributed by atoms with Gasteiger partial charge in [0.25, 0.3) is 0 Å². The fraction of sp³-hybridized carbons (Fsp3) is 0.500. The lowest BCUT2D eigenvalue weighted by atomic mass is 9.79. The molecule has 0 saturated carbocycles. The first-order chi connectivity index (χ1) is 15.7. The molecule has 1 unspecified atom stereocenters. The average molecular weight is 451 g/mol. The fourth-order valence-corrected chi connectivity index (χ4v) is 4.91. The topological polar surface area (TPSA) is 103 Å². The molecule has 7 heteroatoms. The van der Waals surface area contributed by atoms with E-state index in [4.69, 9.17) is 5.21 Å². The third-order valence-electron chi connectivity index (χ3n) is 7.33. The molecule has 1 saturated heterocycles. The Hall–Kier alpha value is -2.77. The molecule has 2 aromatic rings. The summed E-state index contributed by atoms with van der Waals surface area (Å²) in [7, 11) is 0. The highest BCUT2D eigenvalue weighted by atomic mass is 16.5. The van der Waals surface area contributed by atoms with Crippen molar-refractivity contribution in [2.45, 2.75) is 58.4 Å². The normalized spacial score (nSPS) is 19.9. The van der Waals surface area contributed by atoms with Crippen molar-refractivity contribution in [1.29, 1.82) is 0 Å². The molecule has 1 atom stereocenters. The summed E-state index contributed by atoms with van der Waals surface area (Å²) in [5.74, 6) is -0.422. The zero-order chi connectivity index (χ0) is 23.6. The van der Waals surface area contributed by atoms with Gasteiger partial charge in [0.15, 0.2) is 0 Å². The predicted octanol–water partition coefficient (Wildman–Crippen LogP) is 3.10. The number of carbonyl (C=O) groups is 2. The van der Waals surface area contributed by atoms with Gasteiger partial charge in [0, 0.05) is 17.5 Å². The van der Waals surface area contributed by atoms with Crippen LogP contribution >= 0.6 is 0 Å². The number of fused-ring (bicyclic) bond motifs is 1. The Bertz CT molecular complexity index is 1040. The first-order valence-corrected chi connectivity index (χ1v) is 11.8. The summed E-state index contributed by atoms with van der Waals surface area (Å²) in [6.07, 6.45) is 5.62. The minimum absolute atomic E-state index is 0.0801. The number of benzene rings is 1. The Kier molecular flexibility index (Phi) is 6.54. The maximum atomic E-state index is 13.1. The molecular formula is C26H34N4O3. The molecular weight excluding hydrogens is 416 g/mol. The van der Waals surface area contributed by atoms with E-state index >= 15 is 0 Å². The van der Waals surface area contributed by atoms with Gasteiger partial charge in [0.05, 0.1) is 11.2 Å². The van der Waals surface area contributed by atoms with Gasteiger partial charge < -0.3 is 10.6 Å². The number of piperidine rings is 1. The van der Waals surface area contributed by atoms with Crippen LogP contribution in [0.25, 0.3) is 11.1 Å². The Labute approximate surface area is 195 Å². The minimum atomic E-state index is -0.597. The molecule has 1 aromatic heterocycles. The molecule has 1 fully saturated rings. The molecule has 33 heavy (non-hydrogen) atoms. The van der Waals surface area contributed by atoms with E-state index in [0.29, 0.717) is 6.42 Å². The van der Waals surface area contributed by atoms with Crippen molar-refractivity contribution in [2.24, 2.45) is 11.3 Å². The molecule has 2 heterocycles. The van der Waals surface area contributed by atoms with Gasteiger partial charge in [-0.15, -0.1) is 0 Å². The lowest BCUT2D eigenvalue weighted by Gasteiger charge is -2.36. The molecule has 7 nitrogen and oxygen atoms in total. The monoisotopic (exact) mass is 450 g/mol. The van der Waals surface area contributed by atoms with Crippen LogP contribution in [0.3, 0.4) is 0 Å². The summed E-state index contributed by atoms with van der Waals surface area (Å²) < 4.78 is 0. The van der Waals surface area contributed by atoms with E-state index in [0.717, 1.165) is 61.2 Å². The minimum Gasteiger partial charge on any atom is -0.345 e. The number of nitrogens with one attached hydrogen (secondary N) is 3. The number of hydroxylamine groups is 1. The van der Waals surface area contributed by atoms with Gasteiger partial charge in [-0.2, -0.15) is 0 Å². The Morgan fingerprint density at radius 1 is 1.12 bits per heavy atom. The van der Waals surface area contributed by atoms with E-state index in [2.05, 4.69) is 39.9 Å². The van der Waals surface area contributed by atoms with Crippen LogP contribution in [0.2, 0.25) is 0 Å². The Morgan fingerprint density at radius 2 is 1.85 bits per heavy atom. The molecule has 176 valence electrons. The maximum Gasteiger partial charge on any atom is 0.246 e. The highest BCUT2D eigenvalue weighted by molar-refractivity contribution is 5.83. The molecule has 1 aromatic carbocycles. The van der Waals surface area contributed by atoms with Gasteiger partial charge in [-0.05, 0) is 93.4 Å². The average Bonchev–Trinajstić information content (AvgIpc) is 2.83. The summed E-state index contributed by atoms with van der Waals surface area (Å²) in [6.45, 7) is 7.77. The van der Waals surface area contributed by atoms with Gasteiger partial charge in [-0.25, -0.2) is 5.48 Å². The molecule has 4 N–H and O–H groups in total.